The second kappa shape index (κ2) is 7.94. The molecule has 1 amide bonds. The summed E-state index contributed by atoms with van der Waals surface area (Å²) < 4.78 is 1.82. The minimum absolute atomic E-state index is 0.0374. The van der Waals surface area contributed by atoms with Crippen molar-refractivity contribution in [1.82, 2.24) is 9.32 Å². The molecule has 1 atom stereocenters. The summed E-state index contributed by atoms with van der Waals surface area (Å²) in [5.74, 6) is 0.0747. The summed E-state index contributed by atoms with van der Waals surface area (Å²) in [6, 6.07) is 4.24. The van der Waals surface area contributed by atoms with Crippen LogP contribution in [0.15, 0.2) is 12.1 Å². The maximum atomic E-state index is 12.1. The van der Waals surface area contributed by atoms with E-state index in [0.29, 0.717) is 0 Å². The van der Waals surface area contributed by atoms with E-state index in [1.165, 1.54) is 0 Å². The van der Waals surface area contributed by atoms with E-state index in [0.717, 1.165) is 48.0 Å². The van der Waals surface area contributed by atoms with E-state index < -0.39 is 0 Å². The van der Waals surface area contributed by atoms with E-state index in [-0.39, 0.29) is 18.0 Å². The second-order valence-corrected chi connectivity index (χ2v) is 7.64. The van der Waals surface area contributed by atoms with E-state index in [1.54, 1.807) is 6.92 Å². The number of benzene rings is 1. The zero-order valence-corrected chi connectivity index (χ0v) is 16.7. The third kappa shape index (κ3) is 4.16. The number of piperazine rings is 1. The Hall–Kier alpha value is -0.970. The molecule has 24 heavy (non-hydrogen) atoms. The van der Waals surface area contributed by atoms with Gasteiger partial charge in [0.05, 0.1) is 6.04 Å². The van der Waals surface area contributed by atoms with Crippen LogP contribution in [-0.2, 0) is 4.79 Å². The number of amides is 1. The predicted octanol–water partition coefficient (Wildman–Crippen LogP) is 4.24. The number of aryl methyl sites for hydroxylation is 1. The molecule has 0 spiro atoms. The van der Waals surface area contributed by atoms with E-state index in [1.807, 2.05) is 36.2 Å². The molecule has 0 aliphatic carbocycles. The van der Waals surface area contributed by atoms with E-state index >= 15 is 0 Å². The van der Waals surface area contributed by atoms with Crippen molar-refractivity contribution in [2.75, 3.05) is 31.1 Å². The smallest absolute Gasteiger partial charge is 0.220 e. The lowest BCUT2D eigenvalue weighted by molar-refractivity contribution is -0.132. The number of anilines is 1. The molecule has 2 rings (SSSR count). The largest absolute Gasteiger partial charge is 0.369 e. The third-order valence-corrected chi connectivity index (χ3v) is 5.41. The van der Waals surface area contributed by atoms with Crippen molar-refractivity contribution in [3.63, 3.8) is 0 Å². The number of rotatable bonds is 4. The van der Waals surface area contributed by atoms with Gasteiger partial charge in [0.25, 0.3) is 0 Å². The van der Waals surface area contributed by atoms with Gasteiger partial charge in [-0.25, -0.2) is 4.42 Å². The second-order valence-electron chi connectivity index (χ2n) is 6.75. The molecular weight excluding hydrogens is 345 g/mol. The van der Waals surface area contributed by atoms with Gasteiger partial charge < -0.3 is 9.80 Å². The summed E-state index contributed by atoms with van der Waals surface area (Å²) in [6.45, 7) is 13.2. The van der Waals surface area contributed by atoms with Crippen LogP contribution in [0.2, 0.25) is 5.02 Å². The van der Waals surface area contributed by atoms with Gasteiger partial charge in [0.2, 0.25) is 5.91 Å². The van der Waals surface area contributed by atoms with E-state index in [2.05, 4.69) is 17.9 Å². The predicted molar refractivity (Wildman–Crippen MR) is 102 cm³/mol. The van der Waals surface area contributed by atoms with Crippen molar-refractivity contribution < 1.29 is 4.79 Å². The Morgan fingerprint density at radius 3 is 2.25 bits per heavy atom. The lowest BCUT2D eigenvalue weighted by Gasteiger charge is -2.38. The van der Waals surface area contributed by atoms with Crippen molar-refractivity contribution in [3.8, 4) is 0 Å². The molecule has 0 bridgehead atoms. The zero-order valence-electron chi connectivity index (χ0n) is 15.1. The molecule has 0 N–H and O–H groups in total. The number of carbonyl (C=O) groups excluding carboxylic acids is 1. The fourth-order valence-corrected chi connectivity index (χ4v) is 3.77. The zero-order chi connectivity index (χ0) is 18.0. The fraction of sp³-hybridized carbons (Fsp3) is 0.611. The van der Waals surface area contributed by atoms with Gasteiger partial charge in [0.15, 0.2) is 0 Å². The molecule has 1 heterocycles. The number of carbonyl (C=O) groups is 1. The summed E-state index contributed by atoms with van der Waals surface area (Å²) in [5.41, 5.74) is 3.30. The first-order chi connectivity index (χ1) is 11.2. The van der Waals surface area contributed by atoms with Gasteiger partial charge in [0.1, 0.15) is 0 Å². The number of halogens is 2. The first-order valence-corrected chi connectivity index (χ1v) is 9.18. The van der Waals surface area contributed by atoms with Crippen LogP contribution in [0, 0.1) is 6.92 Å². The quantitative estimate of drug-likeness (QED) is 0.740. The molecule has 1 aromatic carbocycles. The van der Waals surface area contributed by atoms with Crippen molar-refractivity contribution >= 4 is 35.0 Å². The van der Waals surface area contributed by atoms with Crippen molar-refractivity contribution in [2.24, 2.45) is 0 Å². The van der Waals surface area contributed by atoms with Crippen LogP contribution in [-0.4, -0.2) is 47.4 Å². The summed E-state index contributed by atoms with van der Waals surface area (Å²) in [7, 11) is 0. The maximum Gasteiger partial charge on any atom is 0.220 e. The molecule has 1 unspecified atom stereocenters. The fourth-order valence-electron chi connectivity index (χ4n) is 3.45. The molecule has 6 heteroatoms. The lowest BCUT2D eigenvalue weighted by atomic mass is 9.99. The van der Waals surface area contributed by atoms with Gasteiger partial charge in [-0.15, -0.1) is 0 Å². The highest BCUT2D eigenvalue weighted by atomic mass is 35.5. The SMILES string of the molecule is CC(=O)N(C(C)C)C(C)c1cc(Cl)c(C)cc1N1CCN(Cl)CC1. The standard InChI is InChI=1S/C18H27Cl2N3O/c1-12(2)23(15(5)24)14(4)16-11-17(19)13(3)10-18(16)21-6-8-22(20)9-7-21/h10-12,14H,6-9H2,1-5H3. The molecule has 1 saturated heterocycles. The highest BCUT2D eigenvalue weighted by Gasteiger charge is 2.27. The van der Waals surface area contributed by atoms with Crippen molar-refractivity contribution in [2.45, 2.75) is 46.7 Å². The molecule has 1 aliphatic rings. The molecule has 0 aromatic heterocycles. The minimum Gasteiger partial charge on any atom is -0.369 e. The Kier molecular flexibility index (Phi) is 6.40. The Balaban J connectivity index is 2.44. The average Bonchev–Trinajstić information content (AvgIpc) is 2.49. The third-order valence-electron chi connectivity index (χ3n) is 4.66. The van der Waals surface area contributed by atoms with Crippen LogP contribution in [0.3, 0.4) is 0 Å². The van der Waals surface area contributed by atoms with Crippen LogP contribution in [0.1, 0.15) is 44.9 Å². The normalized spacial score (nSPS) is 17.2. The highest BCUT2D eigenvalue weighted by molar-refractivity contribution is 6.31. The van der Waals surface area contributed by atoms with Crippen molar-refractivity contribution in [3.05, 3.63) is 28.3 Å². The Labute approximate surface area is 155 Å². The molecule has 134 valence electrons. The van der Waals surface area contributed by atoms with E-state index in [9.17, 15) is 4.79 Å². The minimum atomic E-state index is -0.0374. The summed E-state index contributed by atoms with van der Waals surface area (Å²) >= 11 is 12.5. The van der Waals surface area contributed by atoms with Gasteiger partial charge in [-0.05, 0) is 62.7 Å². The van der Waals surface area contributed by atoms with Crippen LogP contribution in [0.25, 0.3) is 0 Å². The van der Waals surface area contributed by atoms with Gasteiger partial charge in [-0.2, -0.15) is 0 Å². The Morgan fingerprint density at radius 2 is 1.75 bits per heavy atom. The average molecular weight is 372 g/mol. The molecule has 0 radical (unpaired) electrons. The van der Waals surface area contributed by atoms with Gasteiger partial charge in [-0.3, -0.25) is 4.79 Å². The highest BCUT2D eigenvalue weighted by Crippen LogP contribution is 2.36. The van der Waals surface area contributed by atoms with Crippen molar-refractivity contribution in [1.29, 1.82) is 0 Å². The van der Waals surface area contributed by atoms with Crippen LogP contribution >= 0.6 is 23.4 Å². The molecular formula is C18H27Cl2N3O. The van der Waals surface area contributed by atoms with Gasteiger partial charge in [0, 0.05) is 49.9 Å². The van der Waals surface area contributed by atoms with Gasteiger partial charge >= 0.3 is 0 Å². The number of hydrogen-bond acceptors (Lipinski definition) is 3. The Bertz CT molecular complexity index is 598. The summed E-state index contributed by atoms with van der Waals surface area (Å²) in [4.78, 5) is 16.4. The van der Waals surface area contributed by atoms with E-state index in [4.69, 9.17) is 23.4 Å². The number of nitrogens with zero attached hydrogens (tertiary/aromatic N) is 3. The van der Waals surface area contributed by atoms with Gasteiger partial charge in [-0.1, -0.05) is 11.6 Å². The monoisotopic (exact) mass is 371 g/mol. The molecule has 1 aliphatic heterocycles. The molecule has 0 saturated carbocycles. The first-order valence-electron chi connectivity index (χ1n) is 8.47. The Morgan fingerprint density at radius 1 is 1.17 bits per heavy atom. The topological polar surface area (TPSA) is 26.8 Å². The summed E-state index contributed by atoms with van der Waals surface area (Å²) in [6.07, 6.45) is 0. The van der Waals surface area contributed by atoms with Crippen LogP contribution in [0.4, 0.5) is 5.69 Å². The first kappa shape index (κ1) is 19.4. The molecule has 1 aromatic rings. The lowest BCUT2D eigenvalue weighted by Crippen LogP contribution is -2.44. The van der Waals surface area contributed by atoms with Crippen LogP contribution in [0.5, 0.6) is 0 Å². The molecule has 4 nitrogen and oxygen atoms in total. The number of hydrogen-bond donors (Lipinski definition) is 0. The molecule has 1 fully saturated rings. The maximum absolute atomic E-state index is 12.1. The summed E-state index contributed by atoms with van der Waals surface area (Å²) in [5, 5.41) is 0.740. The van der Waals surface area contributed by atoms with Crippen LogP contribution < -0.4 is 4.90 Å².